The van der Waals surface area contributed by atoms with E-state index in [9.17, 15) is 4.79 Å². The number of nitrogens with zero attached hydrogens (tertiary/aromatic N) is 2. The zero-order chi connectivity index (χ0) is 15.7. The van der Waals surface area contributed by atoms with Crippen LogP contribution in [0.15, 0.2) is 45.9 Å². The van der Waals surface area contributed by atoms with Crippen LogP contribution in [0.2, 0.25) is 0 Å². The van der Waals surface area contributed by atoms with Gasteiger partial charge in [0.1, 0.15) is 0 Å². The van der Waals surface area contributed by atoms with Gasteiger partial charge in [-0.3, -0.25) is 0 Å². The fraction of sp³-hybridized carbons (Fsp3) is 0.250. The molecule has 0 spiro atoms. The van der Waals surface area contributed by atoms with E-state index in [0.29, 0.717) is 25.8 Å². The number of carbonyl (C=O) groups excluding carboxylic acids is 1. The molecule has 0 bridgehead atoms. The molecular formula is C16H16N2OS2Se. The van der Waals surface area contributed by atoms with Gasteiger partial charge < -0.3 is 0 Å². The summed E-state index contributed by atoms with van der Waals surface area (Å²) in [6.45, 7) is 5.67. The normalized spacial score (nSPS) is 21.4. The number of hydrogen-bond acceptors (Lipinski definition) is 4. The number of thiocarbonyl (C=S) groups is 1. The Labute approximate surface area is 146 Å². The summed E-state index contributed by atoms with van der Waals surface area (Å²) in [5, 5.41) is 0. The van der Waals surface area contributed by atoms with Crippen LogP contribution in [-0.2, 0) is 4.79 Å². The second-order valence-corrected chi connectivity index (χ2v) is 8.67. The summed E-state index contributed by atoms with van der Waals surface area (Å²) in [5.74, 6) is 0.0282. The van der Waals surface area contributed by atoms with Gasteiger partial charge in [-0.2, -0.15) is 0 Å². The SMILES string of the molecule is CCN1C(=O)/C(=C/C=C2/[Se]c3ccccc3N2CC)SC1=S. The van der Waals surface area contributed by atoms with Crippen molar-refractivity contribution in [3.63, 3.8) is 0 Å². The molecule has 0 radical (unpaired) electrons. The molecule has 0 unspecified atom stereocenters. The van der Waals surface area contributed by atoms with Crippen molar-refractivity contribution in [3.8, 4) is 0 Å². The second-order valence-electron chi connectivity index (χ2n) is 4.77. The number of thioether (sulfide) groups is 1. The second kappa shape index (κ2) is 6.59. The Balaban J connectivity index is 1.87. The molecule has 114 valence electrons. The fourth-order valence-electron chi connectivity index (χ4n) is 2.44. The number of hydrogen-bond donors (Lipinski definition) is 0. The van der Waals surface area contributed by atoms with Gasteiger partial charge >= 0.3 is 147 Å². The molecule has 2 heterocycles. The van der Waals surface area contributed by atoms with Gasteiger partial charge in [0.25, 0.3) is 0 Å². The van der Waals surface area contributed by atoms with E-state index in [2.05, 4.69) is 42.2 Å². The predicted molar refractivity (Wildman–Crippen MR) is 98.6 cm³/mol. The van der Waals surface area contributed by atoms with E-state index in [4.69, 9.17) is 12.2 Å². The first kappa shape index (κ1) is 15.8. The summed E-state index contributed by atoms with van der Waals surface area (Å²) in [4.78, 5) is 16.9. The molecule has 1 saturated heterocycles. The zero-order valence-corrected chi connectivity index (χ0v) is 15.8. The summed E-state index contributed by atoms with van der Waals surface area (Å²) >= 11 is 6.93. The average Bonchev–Trinajstić information content (AvgIpc) is 3.01. The van der Waals surface area contributed by atoms with Crippen LogP contribution in [0, 0.1) is 0 Å². The minimum absolute atomic E-state index is 0.0282. The third-order valence-electron chi connectivity index (χ3n) is 3.52. The summed E-state index contributed by atoms with van der Waals surface area (Å²) < 4.78 is 3.35. The number of likely N-dealkylation sites (N-methyl/N-ethyl adjacent to an activating group) is 1. The van der Waals surface area contributed by atoms with Crippen molar-refractivity contribution in [2.45, 2.75) is 13.8 Å². The van der Waals surface area contributed by atoms with Gasteiger partial charge in [0.15, 0.2) is 0 Å². The van der Waals surface area contributed by atoms with Crippen molar-refractivity contribution >= 4 is 59.3 Å². The van der Waals surface area contributed by atoms with Crippen LogP contribution >= 0.6 is 24.0 Å². The summed E-state index contributed by atoms with van der Waals surface area (Å²) in [7, 11) is 0. The first-order valence-electron chi connectivity index (χ1n) is 7.15. The van der Waals surface area contributed by atoms with Crippen LogP contribution in [0.4, 0.5) is 5.69 Å². The number of fused-ring (bicyclic) bond motifs is 1. The topological polar surface area (TPSA) is 23.6 Å². The van der Waals surface area contributed by atoms with E-state index >= 15 is 0 Å². The van der Waals surface area contributed by atoms with Gasteiger partial charge in [-0.25, -0.2) is 0 Å². The Morgan fingerprint density at radius 3 is 2.59 bits per heavy atom. The van der Waals surface area contributed by atoms with Crippen molar-refractivity contribution in [2.24, 2.45) is 0 Å². The van der Waals surface area contributed by atoms with E-state index in [-0.39, 0.29) is 5.91 Å². The molecule has 1 aromatic carbocycles. The zero-order valence-electron chi connectivity index (χ0n) is 12.4. The third-order valence-corrected chi connectivity index (χ3v) is 7.29. The van der Waals surface area contributed by atoms with E-state index < -0.39 is 0 Å². The summed E-state index contributed by atoms with van der Waals surface area (Å²) in [6, 6.07) is 8.52. The van der Waals surface area contributed by atoms with Crippen molar-refractivity contribution in [3.05, 3.63) is 45.9 Å². The first-order valence-corrected chi connectivity index (χ1v) is 10.1. The molecule has 0 atom stereocenters. The number of benzene rings is 1. The molecule has 2 aliphatic heterocycles. The van der Waals surface area contributed by atoms with E-state index in [0.717, 1.165) is 11.4 Å². The maximum atomic E-state index is 12.2. The quantitative estimate of drug-likeness (QED) is 0.446. The van der Waals surface area contributed by atoms with Crippen molar-refractivity contribution in [1.29, 1.82) is 0 Å². The Kier molecular flexibility index (Phi) is 4.73. The monoisotopic (exact) mass is 396 g/mol. The van der Waals surface area contributed by atoms with Crippen molar-refractivity contribution < 1.29 is 4.79 Å². The van der Waals surface area contributed by atoms with E-state index in [1.54, 1.807) is 4.90 Å². The van der Waals surface area contributed by atoms with E-state index in [1.807, 2.05) is 13.0 Å². The van der Waals surface area contributed by atoms with Crippen LogP contribution in [0.5, 0.6) is 0 Å². The molecule has 6 heteroatoms. The molecule has 2 aliphatic rings. The number of carbonyl (C=O) groups is 1. The standard InChI is InChI=1S/C16H16N2OS2Se/c1-3-17-11-7-5-6-8-13(11)22-14(17)10-9-12-15(19)18(4-2)16(20)21-12/h5-10H,3-4H2,1-2H3/b12-9-,14-10+. The van der Waals surface area contributed by atoms with Gasteiger partial charge in [-0.1, -0.05) is 0 Å². The number of amides is 1. The summed E-state index contributed by atoms with van der Waals surface area (Å²) in [5.41, 5.74) is 1.30. The molecule has 22 heavy (non-hydrogen) atoms. The first-order chi connectivity index (χ1) is 10.7. The molecule has 0 aromatic heterocycles. The van der Waals surface area contributed by atoms with Gasteiger partial charge in [-0.05, 0) is 0 Å². The van der Waals surface area contributed by atoms with Crippen LogP contribution in [0.25, 0.3) is 0 Å². The molecule has 1 fully saturated rings. The van der Waals surface area contributed by atoms with Crippen molar-refractivity contribution in [2.75, 3.05) is 18.0 Å². The average molecular weight is 395 g/mol. The van der Waals surface area contributed by atoms with Crippen LogP contribution in [-0.4, -0.2) is 43.2 Å². The number of para-hydroxylation sites is 1. The Hall–Kier alpha value is -1.07. The van der Waals surface area contributed by atoms with Crippen LogP contribution in [0.3, 0.4) is 0 Å². The third kappa shape index (κ3) is 2.76. The van der Waals surface area contributed by atoms with E-state index in [1.165, 1.54) is 26.5 Å². The molecule has 0 aliphatic carbocycles. The van der Waals surface area contributed by atoms with Crippen molar-refractivity contribution in [1.82, 2.24) is 4.90 Å². The van der Waals surface area contributed by atoms with Crippen LogP contribution in [0.1, 0.15) is 13.8 Å². The molecule has 3 nitrogen and oxygen atoms in total. The molecule has 1 amide bonds. The van der Waals surface area contributed by atoms with Crippen LogP contribution < -0.4 is 9.36 Å². The maximum absolute atomic E-state index is 12.2. The van der Waals surface area contributed by atoms with Gasteiger partial charge in [0.05, 0.1) is 0 Å². The van der Waals surface area contributed by atoms with Gasteiger partial charge in [0.2, 0.25) is 0 Å². The molecule has 1 aromatic rings. The molecule has 0 N–H and O–H groups in total. The number of allylic oxidation sites excluding steroid dienone is 2. The fourth-order valence-corrected chi connectivity index (χ4v) is 6.13. The Bertz CT molecular complexity index is 699. The Morgan fingerprint density at radius 2 is 1.91 bits per heavy atom. The molecule has 0 saturated carbocycles. The number of rotatable bonds is 3. The minimum atomic E-state index is 0.0282. The summed E-state index contributed by atoms with van der Waals surface area (Å²) in [6.07, 6.45) is 4.02. The predicted octanol–water partition coefficient (Wildman–Crippen LogP) is 2.46. The molecular weight excluding hydrogens is 379 g/mol. The molecule has 3 rings (SSSR count). The Morgan fingerprint density at radius 1 is 1.18 bits per heavy atom. The van der Waals surface area contributed by atoms with Gasteiger partial charge in [0, 0.05) is 0 Å². The van der Waals surface area contributed by atoms with Gasteiger partial charge in [-0.15, -0.1) is 0 Å². The number of anilines is 1.